The molecule has 0 aromatic carbocycles. The van der Waals surface area contributed by atoms with Gasteiger partial charge in [0.2, 0.25) is 0 Å². The predicted octanol–water partition coefficient (Wildman–Crippen LogP) is 1.42. The monoisotopic (exact) mass is 267 g/mol. The predicted molar refractivity (Wildman–Crippen MR) is 76.2 cm³/mol. The number of aromatic nitrogens is 2. The second kappa shape index (κ2) is 7.13. The zero-order valence-corrected chi connectivity index (χ0v) is 12.3. The molecule has 1 unspecified atom stereocenters. The first-order valence-corrected chi connectivity index (χ1v) is 6.74. The van der Waals surface area contributed by atoms with E-state index in [0.29, 0.717) is 0 Å². The summed E-state index contributed by atoms with van der Waals surface area (Å²) in [4.78, 5) is 2.27. The first kappa shape index (κ1) is 15.5. The van der Waals surface area contributed by atoms with Crippen LogP contribution in [0.2, 0.25) is 0 Å². The molecule has 3 N–H and O–H groups in total. The van der Waals surface area contributed by atoms with Crippen LogP contribution in [-0.2, 0) is 13.1 Å². The molecule has 0 spiro atoms. The number of oxime groups is 1. The quantitative estimate of drug-likeness (QED) is 0.339. The van der Waals surface area contributed by atoms with Crippen LogP contribution in [0.5, 0.6) is 0 Å². The van der Waals surface area contributed by atoms with Gasteiger partial charge in [0.05, 0.1) is 11.4 Å². The molecule has 6 nitrogen and oxygen atoms in total. The van der Waals surface area contributed by atoms with Gasteiger partial charge in [0.15, 0.2) is 0 Å². The van der Waals surface area contributed by atoms with E-state index in [1.807, 2.05) is 18.5 Å². The summed E-state index contributed by atoms with van der Waals surface area (Å²) in [5, 5.41) is 16.2. The number of hydrogen-bond donors (Lipinski definition) is 2. The molecule has 0 aliphatic heterocycles. The molecule has 1 aromatic rings. The van der Waals surface area contributed by atoms with Gasteiger partial charge in [-0.1, -0.05) is 19.0 Å². The maximum atomic E-state index is 8.70. The summed E-state index contributed by atoms with van der Waals surface area (Å²) in [5.74, 6) is 0.308. The standard InChI is InChI=1S/C13H25N5O/c1-5-17(8-10(3)13(14)16-19)9-12-7-11(4)15-18(12)6-2/h7,10,19H,5-6,8-9H2,1-4H3,(H2,14,16). The van der Waals surface area contributed by atoms with E-state index >= 15 is 0 Å². The van der Waals surface area contributed by atoms with Gasteiger partial charge in [-0.3, -0.25) is 9.58 Å². The fourth-order valence-corrected chi connectivity index (χ4v) is 2.11. The molecule has 108 valence electrons. The number of aryl methyl sites for hydroxylation is 2. The van der Waals surface area contributed by atoms with Gasteiger partial charge in [-0.15, -0.1) is 0 Å². The zero-order chi connectivity index (χ0) is 14.4. The van der Waals surface area contributed by atoms with Crippen molar-refractivity contribution < 1.29 is 5.21 Å². The second-order valence-corrected chi connectivity index (χ2v) is 4.85. The SMILES string of the molecule is CCN(Cc1cc(C)nn1CC)CC(C)C(N)=NO. The molecule has 1 heterocycles. The van der Waals surface area contributed by atoms with Crippen LogP contribution in [0.3, 0.4) is 0 Å². The van der Waals surface area contributed by atoms with Gasteiger partial charge in [-0.2, -0.15) is 5.10 Å². The molecule has 0 radical (unpaired) electrons. The Hall–Kier alpha value is -1.56. The van der Waals surface area contributed by atoms with E-state index in [9.17, 15) is 0 Å². The highest BCUT2D eigenvalue weighted by Gasteiger charge is 2.15. The third-order valence-corrected chi connectivity index (χ3v) is 3.27. The number of nitrogens with two attached hydrogens (primary N) is 1. The molecule has 0 saturated heterocycles. The summed E-state index contributed by atoms with van der Waals surface area (Å²) in [6.07, 6.45) is 0. The van der Waals surface area contributed by atoms with Crippen LogP contribution >= 0.6 is 0 Å². The average Bonchev–Trinajstić information content (AvgIpc) is 2.76. The Morgan fingerprint density at radius 1 is 1.58 bits per heavy atom. The van der Waals surface area contributed by atoms with Gasteiger partial charge in [-0.25, -0.2) is 0 Å². The molecule has 0 aliphatic carbocycles. The van der Waals surface area contributed by atoms with Crippen LogP contribution in [0.1, 0.15) is 32.2 Å². The fourth-order valence-electron chi connectivity index (χ4n) is 2.11. The van der Waals surface area contributed by atoms with Crippen LogP contribution in [0, 0.1) is 12.8 Å². The van der Waals surface area contributed by atoms with Crippen molar-refractivity contribution in [1.29, 1.82) is 0 Å². The number of rotatable bonds is 7. The normalized spacial score (nSPS) is 14.1. The van der Waals surface area contributed by atoms with E-state index in [-0.39, 0.29) is 11.8 Å². The summed E-state index contributed by atoms with van der Waals surface area (Å²) in [5.41, 5.74) is 7.87. The van der Waals surface area contributed by atoms with Gasteiger partial charge in [0, 0.05) is 25.6 Å². The number of nitrogens with zero attached hydrogens (tertiary/aromatic N) is 4. The molecule has 1 aromatic heterocycles. The Morgan fingerprint density at radius 3 is 2.79 bits per heavy atom. The van der Waals surface area contributed by atoms with E-state index in [2.05, 4.69) is 35.1 Å². The van der Waals surface area contributed by atoms with Crippen molar-refractivity contribution >= 4 is 5.84 Å². The van der Waals surface area contributed by atoms with Crippen LogP contribution in [0.4, 0.5) is 0 Å². The van der Waals surface area contributed by atoms with Crippen molar-refractivity contribution in [3.05, 3.63) is 17.5 Å². The Labute approximate surface area is 114 Å². The van der Waals surface area contributed by atoms with E-state index in [4.69, 9.17) is 10.9 Å². The lowest BCUT2D eigenvalue weighted by Crippen LogP contribution is -2.35. The van der Waals surface area contributed by atoms with Crippen LogP contribution in [0.15, 0.2) is 11.2 Å². The lowest BCUT2D eigenvalue weighted by molar-refractivity contribution is 0.250. The molecule has 0 aliphatic rings. The second-order valence-electron chi connectivity index (χ2n) is 4.85. The smallest absolute Gasteiger partial charge is 0.143 e. The molecule has 0 saturated carbocycles. The van der Waals surface area contributed by atoms with E-state index in [0.717, 1.165) is 31.9 Å². The Bertz CT molecular complexity index is 427. The van der Waals surface area contributed by atoms with Crippen LogP contribution < -0.4 is 5.73 Å². The Balaban J connectivity index is 2.71. The first-order chi connectivity index (χ1) is 9.01. The molecular formula is C13H25N5O. The molecule has 1 atom stereocenters. The van der Waals surface area contributed by atoms with Gasteiger partial charge in [0.25, 0.3) is 0 Å². The Morgan fingerprint density at radius 2 is 2.26 bits per heavy atom. The van der Waals surface area contributed by atoms with E-state index in [1.165, 1.54) is 5.69 Å². The number of hydrogen-bond acceptors (Lipinski definition) is 4. The van der Waals surface area contributed by atoms with Crippen LogP contribution in [0.25, 0.3) is 0 Å². The minimum atomic E-state index is 0.0315. The van der Waals surface area contributed by atoms with Crippen molar-refractivity contribution in [2.75, 3.05) is 13.1 Å². The van der Waals surface area contributed by atoms with Crippen LogP contribution in [-0.4, -0.2) is 38.8 Å². The maximum Gasteiger partial charge on any atom is 0.143 e. The molecule has 0 bridgehead atoms. The summed E-state index contributed by atoms with van der Waals surface area (Å²) in [6, 6.07) is 2.11. The lowest BCUT2D eigenvalue weighted by atomic mass is 10.1. The topological polar surface area (TPSA) is 79.7 Å². The van der Waals surface area contributed by atoms with Crippen molar-refractivity contribution in [3.8, 4) is 0 Å². The third-order valence-electron chi connectivity index (χ3n) is 3.27. The molecule has 1 rings (SSSR count). The summed E-state index contributed by atoms with van der Waals surface area (Å²) in [6.45, 7) is 11.5. The van der Waals surface area contributed by atoms with Gasteiger partial charge in [-0.05, 0) is 26.5 Å². The number of amidine groups is 1. The highest BCUT2D eigenvalue weighted by molar-refractivity contribution is 5.82. The maximum absolute atomic E-state index is 8.70. The highest BCUT2D eigenvalue weighted by atomic mass is 16.4. The highest BCUT2D eigenvalue weighted by Crippen LogP contribution is 2.10. The zero-order valence-electron chi connectivity index (χ0n) is 12.3. The molecule has 6 heteroatoms. The molecule has 19 heavy (non-hydrogen) atoms. The average molecular weight is 267 g/mol. The van der Waals surface area contributed by atoms with Crippen molar-refractivity contribution in [3.63, 3.8) is 0 Å². The Kier molecular flexibility index (Phi) is 5.82. The van der Waals surface area contributed by atoms with Crippen molar-refractivity contribution in [2.24, 2.45) is 16.8 Å². The van der Waals surface area contributed by atoms with Gasteiger partial charge in [0.1, 0.15) is 5.84 Å². The summed E-state index contributed by atoms with van der Waals surface area (Å²) >= 11 is 0. The van der Waals surface area contributed by atoms with Crippen molar-refractivity contribution in [2.45, 2.75) is 40.8 Å². The van der Waals surface area contributed by atoms with E-state index < -0.39 is 0 Å². The molecular weight excluding hydrogens is 242 g/mol. The van der Waals surface area contributed by atoms with Crippen molar-refractivity contribution in [1.82, 2.24) is 14.7 Å². The lowest BCUT2D eigenvalue weighted by Gasteiger charge is -2.23. The minimum Gasteiger partial charge on any atom is -0.409 e. The molecule has 0 fully saturated rings. The van der Waals surface area contributed by atoms with Gasteiger partial charge < -0.3 is 10.9 Å². The largest absolute Gasteiger partial charge is 0.409 e. The third kappa shape index (κ3) is 4.24. The molecule has 0 amide bonds. The minimum absolute atomic E-state index is 0.0315. The van der Waals surface area contributed by atoms with E-state index in [1.54, 1.807) is 0 Å². The fraction of sp³-hybridized carbons (Fsp3) is 0.692. The summed E-state index contributed by atoms with van der Waals surface area (Å²) in [7, 11) is 0. The van der Waals surface area contributed by atoms with Gasteiger partial charge >= 0.3 is 0 Å². The summed E-state index contributed by atoms with van der Waals surface area (Å²) < 4.78 is 2.02. The first-order valence-electron chi connectivity index (χ1n) is 6.74.